The molecule has 17 heavy (non-hydrogen) atoms. The van der Waals surface area contributed by atoms with Crippen molar-refractivity contribution in [3.8, 4) is 0 Å². The van der Waals surface area contributed by atoms with E-state index in [2.05, 4.69) is 5.32 Å². The molecule has 0 bridgehead atoms. The van der Waals surface area contributed by atoms with Gasteiger partial charge in [0.05, 0.1) is 32.5 Å². The molecule has 92 valence electrons. The molecular formula is C13H17NO3. The van der Waals surface area contributed by atoms with Crippen LogP contribution in [0.4, 0.5) is 0 Å². The van der Waals surface area contributed by atoms with E-state index >= 15 is 0 Å². The third-order valence-electron chi connectivity index (χ3n) is 2.59. The summed E-state index contributed by atoms with van der Waals surface area (Å²) in [6, 6.07) is 9.94. The van der Waals surface area contributed by atoms with Crippen molar-refractivity contribution >= 4 is 5.91 Å². The van der Waals surface area contributed by atoms with Crippen LogP contribution in [0.15, 0.2) is 30.3 Å². The molecule has 0 aliphatic carbocycles. The second kappa shape index (κ2) is 6.37. The highest BCUT2D eigenvalue weighted by Crippen LogP contribution is 2.02. The minimum absolute atomic E-state index is 0.0336. The molecule has 2 rings (SSSR count). The fraction of sp³-hybridized carbons (Fsp3) is 0.462. The van der Waals surface area contributed by atoms with Gasteiger partial charge in [0.1, 0.15) is 0 Å². The molecule has 1 aromatic rings. The highest BCUT2D eigenvalue weighted by molar-refractivity contribution is 5.76. The summed E-state index contributed by atoms with van der Waals surface area (Å²) in [7, 11) is 0. The molecule has 1 aromatic carbocycles. The summed E-state index contributed by atoms with van der Waals surface area (Å²) in [5.74, 6) is 0.0378. The molecule has 0 spiro atoms. The number of hydrogen-bond donors (Lipinski definition) is 1. The standard InChI is InChI=1S/C13H17NO3/c15-13-6-7-16-9-12(14-13)10-17-8-11-4-2-1-3-5-11/h1-5,12H,6-10H2,(H,14,15). The van der Waals surface area contributed by atoms with Gasteiger partial charge < -0.3 is 14.8 Å². The number of carbonyl (C=O) groups is 1. The molecule has 1 unspecified atom stereocenters. The van der Waals surface area contributed by atoms with Gasteiger partial charge in [-0.3, -0.25) is 4.79 Å². The largest absolute Gasteiger partial charge is 0.379 e. The molecule has 0 aromatic heterocycles. The first-order valence-corrected chi connectivity index (χ1v) is 5.83. The lowest BCUT2D eigenvalue weighted by atomic mass is 10.2. The molecular weight excluding hydrogens is 218 g/mol. The van der Waals surface area contributed by atoms with Gasteiger partial charge in [-0.2, -0.15) is 0 Å². The molecule has 0 saturated carbocycles. The number of carbonyl (C=O) groups excluding carboxylic acids is 1. The topological polar surface area (TPSA) is 47.6 Å². The van der Waals surface area contributed by atoms with E-state index in [1.165, 1.54) is 0 Å². The first-order valence-electron chi connectivity index (χ1n) is 5.83. The summed E-state index contributed by atoms with van der Waals surface area (Å²) in [4.78, 5) is 11.3. The maximum absolute atomic E-state index is 11.3. The zero-order valence-corrected chi connectivity index (χ0v) is 9.72. The number of hydrogen-bond acceptors (Lipinski definition) is 3. The van der Waals surface area contributed by atoms with Crippen molar-refractivity contribution in [2.45, 2.75) is 19.1 Å². The number of ether oxygens (including phenoxy) is 2. The Kier molecular flexibility index (Phi) is 4.53. The van der Waals surface area contributed by atoms with Crippen molar-refractivity contribution in [2.75, 3.05) is 19.8 Å². The lowest BCUT2D eigenvalue weighted by molar-refractivity contribution is -0.121. The van der Waals surface area contributed by atoms with Crippen molar-refractivity contribution in [1.29, 1.82) is 0 Å². The van der Waals surface area contributed by atoms with Crippen molar-refractivity contribution in [3.63, 3.8) is 0 Å². The minimum atomic E-state index is -0.0336. The van der Waals surface area contributed by atoms with Gasteiger partial charge in [-0.25, -0.2) is 0 Å². The molecule has 1 saturated heterocycles. The normalized spacial score (nSPS) is 20.7. The number of amides is 1. The molecule has 4 nitrogen and oxygen atoms in total. The van der Waals surface area contributed by atoms with E-state index in [-0.39, 0.29) is 11.9 Å². The molecule has 1 aliphatic heterocycles. The van der Waals surface area contributed by atoms with Crippen LogP contribution in [-0.2, 0) is 20.9 Å². The maximum Gasteiger partial charge on any atom is 0.222 e. The molecule has 1 fully saturated rings. The van der Waals surface area contributed by atoms with Crippen LogP contribution in [0.25, 0.3) is 0 Å². The lowest BCUT2D eigenvalue weighted by Gasteiger charge is -2.15. The fourth-order valence-corrected chi connectivity index (χ4v) is 1.72. The van der Waals surface area contributed by atoms with Gasteiger partial charge in [-0.15, -0.1) is 0 Å². The number of rotatable bonds is 4. The van der Waals surface area contributed by atoms with E-state index in [9.17, 15) is 4.79 Å². The lowest BCUT2D eigenvalue weighted by Crippen LogP contribution is -2.39. The van der Waals surface area contributed by atoms with Gasteiger partial charge in [0.2, 0.25) is 5.91 Å². The monoisotopic (exact) mass is 235 g/mol. The third-order valence-corrected chi connectivity index (χ3v) is 2.59. The van der Waals surface area contributed by atoms with Gasteiger partial charge in [0.15, 0.2) is 0 Å². The summed E-state index contributed by atoms with van der Waals surface area (Å²) in [6.45, 7) is 2.08. The predicted molar refractivity (Wildman–Crippen MR) is 63.5 cm³/mol. The second-order valence-electron chi connectivity index (χ2n) is 4.09. The smallest absolute Gasteiger partial charge is 0.222 e. The second-order valence-corrected chi connectivity index (χ2v) is 4.09. The van der Waals surface area contributed by atoms with Crippen molar-refractivity contribution in [3.05, 3.63) is 35.9 Å². The van der Waals surface area contributed by atoms with Crippen LogP contribution >= 0.6 is 0 Å². The zero-order chi connectivity index (χ0) is 11.9. The molecule has 4 heteroatoms. The summed E-state index contributed by atoms with van der Waals surface area (Å²) < 4.78 is 10.9. The molecule has 1 N–H and O–H groups in total. The molecule has 1 atom stereocenters. The van der Waals surface area contributed by atoms with Crippen LogP contribution in [-0.4, -0.2) is 31.8 Å². The zero-order valence-electron chi connectivity index (χ0n) is 9.72. The van der Waals surface area contributed by atoms with Crippen molar-refractivity contribution in [2.24, 2.45) is 0 Å². The summed E-state index contributed by atoms with van der Waals surface area (Å²) >= 11 is 0. The average molecular weight is 235 g/mol. The van der Waals surface area contributed by atoms with Crippen LogP contribution in [0.2, 0.25) is 0 Å². The number of nitrogens with one attached hydrogen (secondary N) is 1. The Morgan fingerprint density at radius 3 is 3.00 bits per heavy atom. The molecule has 1 heterocycles. The van der Waals surface area contributed by atoms with Gasteiger partial charge in [0.25, 0.3) is 0 Å². The fourth-order valence-electron chi connectivity index (χ4n) is 1.72. The number of benzene rings is 1. The van der Waals surface area contributed by atoms with Gasteiger partial charge in [-0.05, 0) is 5.56 Å². The van der Waals surface area contributed by atoms with Crippen LogP contribution < -0.4 is 5.32 Å². The SMILES string of the molecule is O=C1CCOCC(COCc2ccccc2)N1. The highest BCUT2D eigenvalue weighted by atomic mass is 16.5. The summed E-state index contributed by atoms with van der Waals surface area (Å²) in [5, 5.41) is 2.88. The van der Waals surface area contributed by atoms with E-state index in [4.69, 9.17) is 9.47 Å². The summed E-state index contributed by atoms with van der Waals surface area (Å²) in [6.07, 6.45) is 0.440. The van der Waals surface area contributed by atoms with Crippen LogP contribution in [0.3, 0.4) is 0 Å². The Morgan fingerprint density at radius 2 is 2.18 bits per heavy atom. The Morgan fingerprint density at radius 1 is 1.35 bits per heavy atom. The van der Waals surface area contributed by atoms with Crippen molar-refractivity contribution < 1.29 is 14.3 Å². The quantitative estimate of drug-likeness (QED) is 0.850. The van der Waals surface area contributed by atoms with Gasteiger partial charge >= 0.3 is 0 Å². The van der Waals surface area contributed by atoms with E-state index < -0.39 is 0 Å². The third kappa shape index (κ3) is 4.17. The van der Waals surface area contributed by atoms with E-state index in [0.717, 1.165) is 5.56 Å². The summed E-state index contributed by atoms with van der Waals surface area (Å²) in [5.41, 5.74) is 1.13. The van der Waals surface area contributed by atoms with Gasteiger partial charge in [-0.1, -0.05) is 30.3 Å². The molecule has 0 radical (unpaired) electrons. The Balaban J connectivity index is 1.72. The Hall–Kier alpha value is -1.39. The van der Waals surface area contributed by atoms with Crippen molar-refractivity contribution in [1.82, 2.24) is 5.32 Å². The first-order chi connectivity index (χ1) is 8.34. The molecule has 1 amide bonds. The van der Waals surface area contributed by atoms with Crippen LogP contribution in [0.5, 0.6) is 0 Å². The highest BCUT2D eigenvalue weighted by Gasteiger charge is 2.16. The predicted octanol–water partition coefficient (Wildman–Crippen LogP) is 1.11. The van der Waals surface area contributed by atoms with E-state index in [1.807, 2.05) is 30.3 Å². The van der Waals surface area contributed by atoms with Gasteiger partial charge in [0, 0.05) is 6.42 Å². The van der Waals surface area contributed by atoms with Crippen LogP contribution in [0, 0.1) is 0 Å². The maximum atomic E-state index is 11.3. The first kappa shape index (κ1) is 12.1. The Labute approximate surface area is 101 Å². The van der Waals surface area contributed by atoms with Crippen LogP contribution in [0.1, 0.15) is 12.0 Å². The molecule has 1 aliphatic rings. The average Bonchev–Trinajstić information content (AvgIpc) is 2.55. The van der Waals surface area contributed by atoms with E-state index in [0.29, 0.717) is 32.8 Å². The Bertz CT molecular complexity index is 353. The minimum Gasteiger partial charge on any atom is -0.379 e. The van der Waals surface area contributed by atoms with E-state index in [1.54, 1.807) is 0 Å².